The zero-order valence-electron chi connectivity index (χ0n) is 11.1. The van der Waals surface area contributed by atoms with Crippen LogP contribution in [0.5, 0.6) is 5.75 Å². The summed E-state index contributed by atoms with van der Waals surface area (Å²) in [5.41, 5.74) is 0.851. The van der Waals surface area contributed by atoms with E-state index in [9.17, 15) is 4.79 Å². The Bertz CT molecular complexity index is 393. The fourth-order valence-electron chi connectivity index (χ4n) is 1.81. The van der Waals surface area contributed by atoms with Crippen molar-refractivity contribution in [1.82, 2.24) is 0 Å². The SMILES string of the molecule is CC(C)COc1ccc(NC(=O)C2CCC2)cc1. The quantitative estimate of drug-likeness (QED) is 0.865. The van der Waals surface area contributed by atoms with E-state index in [0.29, 0.717) is 12.5 Å². The van der Waals surface area contributed by atoms with Gasteiger partial charge in [-0.3, -0.25) is 4.79 Å². The van der Waals surface area contributed by atoms with Crippen LogP contribution in [-0.4, -0.2) is 12.5 Å². The minimum absolute atomic E-state index is 0.150. The lowest BCUT2D eigenvalue weighted by Gasteiger charge is -2.24. The molecule has 18 heavy (non-hydrogen) atoms. The summed E-state index contributed by atoms with van der Waals surface area (Å²) in [5, 5.41) is 2.94. The molecule has 0 spiro atoms. The van der Waals surface area contributed by atoms with Crippen molar-refractivity contribution < 1.29 is 9.53 Å². The van der Waals surface area contributed by atoms with Crippen molar-refractivity contribution in [3.05, 3.63) is 24.3 Å². The molecule has 1 aromatic rings. The summed E-state index contributed by atoms with van der Waals surface area (Å²) in [6, 6.07) is 7.59. The Morgan fingerprint density at radius 3 is 2.50 bits per heavy atom. The number of ether oxygens (including phenoxy) is 1. The van der Waals surface area contributed by atoms with E-state index in [1.165, 1.54) is 6.42 Å². The molecular weight excluding hydrogens is 226 g/mol. The van der Waals surface area contributed by atoms with E-state index < -0.39 is 0 Å². The summed E-state index contributed by atoms with van der Waals surface area (Å²) < 4.78 is 5.59. The van der Waals surface area contributed by atoms with Crippen molar-refractivity contribution in [2.45, 2.75) is 33.1 Å². The summed E-state index contributed by atoms with van der Waals surface area (Å²) in [6.07, 6.45) is 3.24. The molecule has 3 heteroatoms. The number of nitrogens with one attached hydrogen (secondary N) is 1. The second-order valence-electron chi connectivity index (χ2n) is 5.35. The first-order chi connectivity index (χ1) is 8.65. The number of carbonyl (C=O) groups excluding carboxylic acids is 1. The monoisotopic (exact) mass is 247 g/mol. The molecule has 1 aliphatic rings. The Balaban J connectivity index is 1.84. The van der Waals surface area contributed by atoms with Crippen molar-refractivity contribution in [1.29, 1.82) is 0 Å². The number of benzene rings is 1. The Morgan fingerprint density at radius 2 is 2.00 bits per heavy atom. The second kappa shape index (κ2) is 5.89. The van der Waals surface area contributed by atoms with Gasteiger partial charge in [0.2, 0.25) is 5.91 Å². The number of hydrogen-bond acceptors (Lipinski definition) is 2. The first-order valence-electron chi connectivity index (χ1n) is 6.69. The highest BCUT2D eigenvalue weighted by Gasteiger charge is 2.24. The van der Waals surface area contributed by atoms with Crippen molar-refractivity contribution in [2.24, 2.45) is 11.8 Å². The molecule has 98 valence electrons. The fraction of sp³-hybridized carbons (Fsp3) is 0.533. The molecule has 0 unspecified atom stereocenters. The van der Waals surface area contributed by atoms with E-state index in [1.807, 2.05) is 24.3 Å². The number of hydrogen-bond donors (Lipinski definition) is 1. The molecule has 0 aromatic heterocycles. The van der Waals surface area contributed by atoms with E-state index in [1.54, 1.807) is 0 Å². The van der Waals surface area contributed by atoms with Gasteiger partial charge in [0.25, 0.3) is 0 Å². The molecule has 2 rings (SSSR count). The van der Waals surface area contributed by atoms with Gasteiger partial charge in [-0.25, -0.2) is 0 Å². The topological polar surface area (TPSA) is 38.3 Å². The molecule has 1 amide bonds. The maximum atomic E-state index is 11.8. The third kappa shape index (κ3) is 3.49. The molecule has 1 aliphatic carbocycles. The highest BCUT2D eigenvalue weighted by Crippen LogP contribution is 2.27. The van der Waals surface area contributed by atoms with Gasteiger partial charge in [-0.05, 0) is 43.0 Å². The van der Waals surface area contributed by atoms with Crippen LogP contribution in [0, 0.1) is 11.8 Å². The molecule has 0 aliphatic heterocycles. The van der Waals surface area contributed by atoms with E-state index >= 15 is 0 Å². The van der Waals surface area contributed by atoms with E-state index in [4.69, 9.17) is 4.74 Å². The maximum absolute atomic E-state index is 11.8. The average Bonchev–Trinajstić information content (AvgIpc) is 2.25. The number of carbonyl (C=O) groups is 1. The van der Waals surface area contributed by atoms with Crippen LogP contribution in [-0.2, 0) is 4.79 Å². The maximum Gasteiger partial charge on any atom is 0.227 e. The smallest absolute Gasteiger partial charge is 0.227 e. The minimum atomic E-state index is 0.150. The molecule has 1 N–H and O–H groups in total. The van der Waals surface area contributed by atoms with E-state index in [0.717, 1.165) is 24.3 Å². The largest absolute Gasteiger partial charge is 0.493 e. The molecule has 0 bridgehead atoms. The molecule has 1 fully saturated rings. The Kier molecular flexibility index (Phi) is 4.24. The molecule has 0 saturated heterocycles. The highest BCUT2D eigenvalue weighted by molar-refractivity contribution is 5.93. The lowest BCUT2D eigenvalue weighted by molar-refractivity contribution is -0.122. The lowest BCUT2D eigenvalue weighted by atomic mass is 9.85. The number of rotatable bonds is 5. The Labute approximate surface area is 109 Å². The number of anilines is 1. The van der Waals surface area contributed by atoms with Crippen molar-refractivity contribution in [2.75, 3.05) is 11.9 Å². The van der Waals surface area contributed by atoms with Crippen LogP contribution in [0.25, 0.3) is 0 Å². The normalized spacial score (nSPS) is 15.3. The van der Waals surface area contributed by atoms with Crippen molar-refractivity contribution in [3.63, 3.8) is 0 Å². The molecule has 0 heterocycles. The predicted octanol–water partition coefficient (Wildman–Crippen LogP) is 3.46. The van der Waals surface area contributed by atoms with E-state index in [-0.39, 0.29) is 11.8 Å². The fourth-order valence-corrected chi connectivity index (χ4v) is 1.81. The summed E-state index contributed by atoms with van der Waals surface area (Å²) in [6.45, 7) is 4.95. The van der Waals surface area contributed by atoms with Crippen LogP contribution in [0.3, 0.4) is 0 Å². The van der Waals surface area contributed by atoms with Gasteiger partial charge in [-0.1, -0.05) is 20.3 Å². The Hall–Kier alpha value is -1.51. The second-order valence-corrected chi connectivity index (χ2v) is 5.35. The van der Waals surface area contributed by atoms with Crippen molar-refractivity contribution in [3.8, 4) is 5.75 Å². The molecule has 1 aromatic carbocycles. The first kappa shape index (κ1) is 12.9. The van der Waals surface area contributed by atoms with Gasteiger partial charge in [-0.15, -0.1) is 0 Å². The average molecular weight is 247 g/mol. The van der Waals surface area contributed by atoms with Gasteiger partial charge in [0, 0.05) is 11.6 Å². The van der Waals surface area contributed by atoms with Crippen LogP contribution < -0.4 is 10.1 Å². The van der Waals surface area contributed by atoms with E-state index in [2.05, 4.69) is 19.2 Å². The minimum Gasteiger partial charge on any atom is -0.493 e. The van der Waals surface area contributed by atoms with Gasteiger partial charge in [0.1, 0.15) is 5.75 Å². The van der Waals surface area contributed by atoms with Gasteiger partial charge < -0.3 is 10.1 Å². The third-order valence-electron chi connectivity index (χ3n) is 3.18. The predicted molar refractivity (Wildman–Crippen MR) is 72.7 cm³/mol. The van der Waals surface area contributed by atoms with Crippen LogP contribution >= 0.6 is 0 Å². The standard InChI is InChI=1S/C15H21NO2/c1-11(2)10-18-14-8-6-13(7-9-14)16-15(17)12-4-3-5-12/h6-9,11-12H,3-5,10H2,1-2H3,(H,16,17). The molecule has 3 nitrogen and oxygen atoms in total. The van der Waals surface area contributed by atoms with Crippen LogP contribution in [0.15, 0.2) is 24.3 Å². The summed E-state index contributed by atoms with van der Waals surface area (Å²) >= 11 is 0. The van der Waals surface area contributed by atoms with Crippen LogP contribution in [0.4, 0.5) is 5.69 Å². The molecule has 0 radical (unpaired) electrons. The molecule has 1 saturated carbocycles. The van der Waals surface area contributed by atoms with Crippen molar-refractivity contribution >= 4 is 11.6 Å². The lowest BCUT2D eigenvalue weighted by Crippen LogP contribution is -2.27. The number of amides is 1. The molecular formula is C15H21NO2. The first-order valence-corrected chi connectivity index (χ1v) is 6.69. The molecule has 0 atom stereocenters. The summed E-state index contributed by atoms with van der Waals surface area (Å²) in [4.78, 5) is 11.8. The zero-order chi connectivity index (χ0) is 13.0. The van der Waals surface area contributed by atoms with Crippen LogP contribution in [0.2, 0.25) is 0 Å². The van der Waals surface area contributed by atoms with Gasteiger partial charge >= 0.3 is 0 Å². The van der Waals surface area contributed by atoms with Gasteiger partial charge in [0.15, 0.2) is 0 Å². The van der Waals surface area contributed by atoms with Crippen LogP contribution in [0.1, 0.15) is 33.1 Å². The van der Waals surface area contributed by atoms with Gasteiger partial charge in [-0.2, -0.15) is 0 Å². The zero-order valence-corrected chi connectivity index (χ0v) is 11.1. The summed E-state index contributed by atoms with van der Waals surface area (Å²) in [7, 11) is 0. The van der Waals surface area contributed by atoms with Gasteiger partial charge in [0.05, 0.1) is 6.61 Å². The highest BCUT2D eigenvalue weighted by atomic mass is 16.5. The Morgan fingerprint density at radius 1 is 1.33 bits per heavy atom. The third-order valence-corrected chi connectivity index (χ3v) is 3.18. The summed E-state index contributed by atoms with van der Waals surface area (Å²) in [5.74, 6) is 1.74.